The molecule has 1 rings (SSSR count). The Morgan fingerprint density at radius 1 is 1.42 bits per heavy atom. The van der Waals surface area contributed by atoms with Gasteiger partial charge in [0.1, 0.15) is 5.75 Å². The van der Waals surface area contributed by atoms with Crippen LogP contribution in [0.5, 0.6) is 5.75 Å². The topological polar surface area (TPSA) is 64.3 Å². The molecule has 0 aromatic heterocycles. The molecule has 0 spiro atoms. The number of para-hydroxylation sites is 1. The number of nitrogens with one attached hydrogen (secondary N) is 1. The summed E-state index contributed by atoms with van der Waals surface area (Å²) in [6.45, 7) is -0.667. The molecule has 1 amide bonds. The van der Waals surface area contributed by atoms with Crippen LogP contribution < -0.4 is 15.8 Å². The second-order valence-electron chi connectivity index (χ2n) is 4.13. The Hall–Kier alpha value is -1.69. The van der Waals surface area contributed by atoms with Crippen LogP contribution in [0, 0.1) is 0 Å². The van der Waals surface area contributed by atoms with Crippen molar-refractivity contribution in [1.29, 1.82) is 0 Å². The van der Waals surface area contributed by atoms with Crippen molar-refractivity contribution in [2.24, 2.45) is 5.73 Å². The minimum absolute atomic E-state index is 0.0755. The molecule has 0 saturated heterocycles. The largest absolute Gasteiger partial charge is 0.434 e. The van der Waals surface area contributed by atoms with Gasteiger partial charge in [0.25, 0.3) is 5.91 Å². The molecule has 0 aliphatic rings. The molecule has 0 fully saturated rings. The smallest absolute Gasteiger partial charge is 0.387 e. The molecule has 0 heterocycles. The zero-order chi connectivity index (χ0) is 14.3. The molecule has 19 heavy (non-hydrogen) atoms. The van der Waals surface area contributed by atoms with Gasteiger partial charge in [0, 0.05) is 12.6 Å². The van der Waals surface area contributed by atoms with Gasteiger partial charge in [-0.2, -0.15) is 8.78 Å². The summed E-state index contributed by atoms with van der Waals surface area (Å²) < 4.78 is 28.7. The average Bonchev–Trinajstić information content (AvgIpc) is 2.36. The zero-order valence-electron chi connectivity index (χ0n) is 10.7. The van der Waals surface area contributed by atoms with Gasteiger partial charge >= 0.3 is 6.61 Å². The van der Waals surface area contributed by atoms with Crippen LogP contribution >= 0.6 is 0 Å². The standard InChI is InChI=1S/C13H18F2N2O2/c1-2-5-9(16)8-17-12(18)10-6-3-4-7-11(10)19-13(14)15/h3-4,6-7,9,13H,2,5,8,16H2,1H3,(H,17,18). The third-order valence-electron chi connectivity index (χ3n) is 2.53. The van der Waals surface area contributed by atoms with Crippen molar-refractivity contribution in [1.82, 2.24) is 5.32 Å². The molecule has 4 nitrogen and oxygen atoms in total. The molecule has 0 saturated carbocycles. The fourth-order valence-electron chi connectivity index (χ4n) is 1.64. The van der Waals surface area contributed by atoms with Crippen molar-refractivity contribution >= 4 is 5.91 Å². The van der Waals surface area contributed by atoms with Gasteiger partial charge < -0.3 is 15.8 Å². The van der Waals surface area contributed by atoms with Crippen LogP contribution in [0.25, 0.3) is 0 Å². The van der Waals surface area contributed by atoms with Crippen molar-refractivity contribution in [3.8, 4) is 5.75 Å². The first-order valence-electron chi connectivity index (χ1n) is 6.12. The van der Waals surface area contributed by atoms with Crippen LogP contribution in [0.4, 0.5) is 8.78 Å². The number of halogens is 2. The van der Waals surface area contributed by atoms with E-state index in [2.05, 4.69) is 10.1 Å². The van der Waals surface area contributed by atoms with Gasteiger partial charge in [-0.1, -0.05) is 25.5 Å². The minimum Gasteiger partial charge on any atom is -0.434 e. The first-order valence-corrected chi connectivity index (χ1v) is 6.12. The summed E-state index contributed by atoms with van der Waals surface area (Å²) >= 11 is 0. The average molecular weight is 272 g/mol. The number of alkyl halides is 2. The van der Waals surface area contributed by atoms with Crippen LogP contribution in [-0.2, 0) is 0 Å². The van der Waals surface area contributed by atoms with Gasteiger partial charge in [0.2, 0.25) is 0 Å². The summed E-state index contributed by atoms with van der Waals surface area (Å²) in [7, 11) is 0. The molecule has 0 aliphatic heterocycles. The second kappa shape index (κ2) is 7.68. The van der Waals surface area contributed by atoms with Gasteiger partial charge in [-0.25, -0.2) is 0 Å². The van der Waals surface area contributed by atoms with Crippen molar-refractivity contribution in [3.05, 3.63) is 29.8 Å². The maximum atomic E-state index is 12.2. The number of carbonyl (C=O) groups is 1. The predicted molar refractivity (Wildman–Crippen MR) is 68.3 cm³/mol. The van der Waals surface area contributed by atoms with Gasteiger partial charge in [-0.15, -0.1) is 0 Å². The SMILES string of the molecule is CCCC(N)CNC(=O)c1ccccc1OC(F)F. The Morgan fingerprint density at radius 2 is 2.11 bits per heavy atom. The molecule has 0 radical (unpaired) electrons. The Bertz CT molecular complexity index is 413. The molecule has 3 N–H and O–H groups in total. The second-order valence-corrected chi connectivity index (χ2v) is 4.13. The van der Waals surface area contributed by atoms with E-state index in [1.165, 1.54) is 18.2 Å². The first kappa shape index (κ1) is 15.4. The maximum Gasteiger partial charge on any atom is 0.387 e. The molecule has 1 aromatic rings. The summed E-state index contributed by atoms with van der Waals surface area (Å²) in [6, 6.07) is 5.72. The summed E-state index contributed by atoms with van der Waals surface area (Å²) in [6.07, 6.45) is 1.71. The van der Waals surface area contributed by atoms with Crippen LogP contribution in [-0.4, -0.2) is 25.1 Å². The summed E-state index contributed by atoms with van der Waals surface area (Å²) in [5.74, 6) is -0.609. The molecular formula is C13H18F2N2O2. The fourth-order valence-corrected chi connectivity index (χ4v) is 1.64. The number of nitrogens with two attached hydrogens (primary N) is 1. The number of hydrogen-bond donors (Lipinski definition) is 2. The summed E-state index contributed by atoms with van der Waals surface area (Å²) in [5.41, 5.74) is 5.84. The highest BCUT2D eigenvalue weighted by Gasteiger charge is 2.15. The van der Waals surface area contributed by atoms with E-state index in [-0.39, 0.29) is 17.4 Å². The number of amides is 1. The van der Waals surface area contributed by atoms with E-state index in [4.69, 9.17) is 5.73 Å². The predicted octanol–water partition coefficient (Wildman–Crippen LogP) is 2.15. The van der Waals surface area contributed by atoms with Crippen molar-refractivity contribution in [3.63, 3.8) is 0 Å². The number of ether oxygens (including phenoxy) is 1. The van der Waals surface area contributed by atoms with Gasteiger partial charge in [-0.3, -0.25) is 4.79 Å². The van der Waals surface area contributed by atoms with E-state index in [0.29, 0.717) is 6.54 Å². The molecule has 0 aliphatic carbocycles. The number of rotatable bonds is 7. The van der Waals surface area contributed by atoms with E-state index in [9.17, 15) is 13.6 Å². The highest BCUT2D eigenvalue weighted by molar-refractivity contribution is 5.96. The lowest BCUT2D eigenvalue weighted by atomic mass is 10.1. The van der Waals surface area contributed by atoms with Crippen molar-refractivity contribution in [2.75, 3.05) is 6.54 Å². The Morgan fingerprint density at radius 3 is 2.74 bits per heavy atom. The Labute approximate surface area is 110 Å². The lowest BCUT2D eigenvalue weighted by Crippen LogP contribution is -2.37. The van der Waals surface area contributed by atoms with E-state index >= 15 is 0 Å². The Balaban J connectivity index is 2.66. The summed E-state index contributed by atoms with van der Waals surface area (Å²) in [4.78, 5) is 11.9. The van der Waals surface area contributed by atoms with E-state index < -0.39 is 12.5 Å². The number of carbonyl (C=O) groups excluding carboxylic acids is 1. The minimum atomic E-state index is -2.96. The van der Waals surface area contributed by atoms with Gasteiger partial charge in [-0.05, 0) is 18.6 Å². The van der Waals surface area contributed by atoms with Crippen LogP contribution in [0.15, 0.2) is 24.3 Å². The third kappa shape index (κ3) is 5.21. The van der Waals surface area contributed by atoms with Crippen molar-refractivity contribution in [2.45, 2.75) is 32.4 Å². The molecule has 1 unspecified atom stereocenters. The van der Waals surface area contributed by atoms with Crippen LogP contribution in [0.2, 0.25) is 0 Å². The number of hydrogen-bond acceptors (Lipinski definition) is 3. The Kier molecular flexibility index (Phi) is 6.21. The monoisotopic (exact) mass is 272 g/mol. The lowest BCUT2D eigenvalue weighted by molar-refractivity contribution is -0.0501. The van der Waals surface area contributed by atoms with E-state index in [1.807, 2.05) is 6.92 Å². The quantitative estimate of drug-likeness (QED) is 0.799. The molecule has 1 atom stereocenters. The third-order valence-corrected chi connectivity index (χ3v) is 2.53. The van der Waals surface area contributed by atoms with Crippen LogP contribution in [0.3, 0.4) is 0 Å². The van der Waals surface area contributed by atoms with Gasteiger partial charge in [0.15, 0.2) is 0 Å². The van der Waals surface area contributed by atoms with E-state index in [1.54, 1.807) is 6.07 Å². The first-order chi connectivity index (χ1) is 9.04. The zero-order valence-corrected chi connectivity index (χ0v) is 10.7. The van der Waals surface area contributed by atoms with Crippen LogP contribution in [0.1, 0.15) is 30.1 Å². The van der Waals surface area contributed by atoms with Gasteiger partial charge in [0.05, 0.1) is 5.56 Å². The highest BCUT2D eigenvalue weighted by Crippen LogP contribution is 2.19. The number of benzene rings is 1. The molecule has 106 valence electrons. The van der Waals surface area contributed by atoms with E-state index in [0.717, 1.165) is 12.8 Å². The molecule has 1 aromatic carbocycles. The molecule has 0 bridgehead atoms. The molecule has 6 heteroatoms. The summed E-state index contributed by atoms with van der Waals surface area (Å²) in [5, 5.41) is 2.61. The van der Waals surface area contributed by atoms with Crippen molar-refractivity contribution < 1.29 is 18.3 Å². The maximum absolute atomic E-state index is 12.2. The lowest BCUT2D eigenvalue weighted by Gasteiger charge is -2.13. The molecular weight excluding hydrogens is 254 g/mol. The fraction of sp³-hybridized carbons (Fsp3) is 0.462. The normalized spacial score (nSPS) is 12.3. The highest BCUT2D eigenvalue weighted by atomic mass is 19.3.